The number of carbonyl (C=O) groups excluding carboxylic acids is 3. The number of amides is 2. The average molecular weight is 585 g/mol. The van der Waals surface area contributed by atoms with Gasteiger partial charge in [0.25, 0.3) is 0 Å². The molecule has 2 amide bonds. The largest absolute Gasteiger partial charge is 0.469 e. The molecule has 0 radical (unpaired) electrons. The minimum Gasteiger partial charge on any atom is -0.469 e. The second-order valence-electron chi connectivity index (χ2n) is 11.5. The van der Waals surface area contributed by atoms with E-state index in [0.29, 0.717) is 17.9 Å². The second-order valence-corrected chi connectivity index (χ2v) is 11.5. The van der Waals surface area contributed by atoms with Crippen molar-refractivity contribution in [1.29, 1.82) is 0 Å². The van der Waals surface area contributed by atoms with Gasteiger partial charge in [0, 0.05) is 24.1 Å². The van der Waals surface area contributed by atoms with Gasteiger partial charge < -0.3 is 24.8 Å². The van der Waals surface area contributed by atoms with Crippen LogP contribution in [-0.2, 0) is 27.3 Å². The van der Waals surface area contributed by atoms with E-state index in [1.165, 1.54) is 7.11 Å². The number of aliphatic hydroxyl groups excluding tert-OH is 1. The summed E-state index contributed by atoms with van der Waals surface area (Å²) in [4.78, 5) is 40.3. The van der Waals surface area contributed by atoms with Gasteiger partial charge in [-0.05, 0) is 54.4 Å². The Labute approximate surface area is 253 Å². The standard InChI is InChI=1S/C35H40N2O6/c1-42-33(39)21-27-11-5-8-14-32(27)43-35(41)37(28-19-20-28)22-24-15-17-25(18-16-24)29-12-6-7-13-30(29)34(40)36-31(23-38)26-9-3-2-4-10-26/h2-5,8-11,14-18,28-31,38H,6-7,12-13,19-23H2,1H3,(H,36,40)/t29-,30+,31+/m1/s1. The number of hydrogen-bond acceptors (Lipinski definition) is 6. The molecule has 2 fully saturated rings. The highest BCUT2D eigenvalue weighted by Gasteiger charge is 2.35. The highest BCUT2D eigenvalue weighted by Crippen LogP contribution is 2.39. The van der Waals surface area contributed by atoms with Crippen LogP contribution in [0.4, 0.5) is 4.79 Å². The molecule has 2 N–H and O–H groups in total. The molecule has 0 aromatic heterocycles. The fourth-order valence-electron chi connectivity index (χ4n) is 5.97. The summed E-state index contributed by atoms with van der Waals surface area (Å²) in [7, 11) is 1.33. The highest BCUT2D eigenvalue weighted by molar-refractivity contribution is 5.80. The van der Waals surface area contributed by atoms with Crippen LogP contribution in [0.15, 0.2) is 78.9 Å². The van der Waals surface area contributed by atoms with Crippen LogP contribution in [0.25, 0.3) is 0 Å². The number of ether oxygens (including phenoxy) is 2. The van der Waals surface area contributed by atoms with Crippen molar-refractivity contribution in [2.45, 2.75) is 69.5 Å². The van der Waals surface area contributed by atoms with E-state index in [9.17, 15) is 19.5 Å². The van der Waals surface area contributed by atoms with Crippen molar-refractivity contribution < 1.29 is 29.0 Å². The van der Waals surface area contributed by atoms with E-state index in [-0.39, 0.29) is 36.8 Å². The first-order chi connectivity index (χ1) is 21.0. The van der Waals surface area contributed by atoms with Crippen LogP contribution in [-0.4, -0.2) is 47.7 Å². The van der Waals surface area contributed by atoms with Crippen molar-refractivity contribution in [3.8, 4) is 5.75 Å². The lowest BCUT2D eigenvalue weighted by Gasteiger charge is -2.32. The molecule has 3 aromatic rings. The van der Waals surface area contributed by atoms with Gasteiger partial charge in [0.2, 0.25) is 5.91 Å². The third-order valence-electron chi connectivity index (χ3n) is 8.52. The first-order valence-corrected chi connectivity index (χ1v) is 15.1. The summed E-state index contributed by atoms with van der Waals surface area (Å²) >= 11 is 0. The molecule has 0 spiro atoms. The molecule has 43 heavy (non-hydrogen) atoms. The predicted molar refractivity (Wildman–Crippen MR) is 162 cm³/mol. The number of esters is 1. The van der Waals surface area contributed by atoms with Gasteiger partial charge >= 0.3 is 12.1 Å². The Hall–Kier alpha value is -4.17. The molecule has 0 heterocycles. The Morgan fingerprint density at radius 2 is 1.60 bits per heavy atom. The van der Waals surface area contributed by atoms with Crippen LogP contribution in [0.2, 0.25) is 0 Å². The van der Waals surface area contributed by atoms with Crippen molar-refractivity contribution in [1.82, 2.24) is 10.2 Å². The highest BCUT2D eigenvalue weighted by atomic mass is 16.6. The summed E-state index contributed by atoms with van der Waals surface area (Å²) < 4.78 is 10.6. The topological polar surface area (TPSA) is 105 Å². The average Bonchev–Trinajstić information content (AvgIpc) is 3.89. The van der Waals surface area contributed by atoms with Crippen molar-refractivity contribution in [3.05, 3.63) is 101 Å². The summed E-state index contributed by atoms with van der Waals surface area (Å²) in [5.41, 5.74) is 3.58. The number of rotatable bonds is 11. The van der Waals surface area contributed by atoms with E-state index in [2.05, 4.69) is 17.4 Å². The number of nitrogens with one attached hydrogen (secondary N) is 1. The van der Waals surface area contributed by atoms with Gasteiger partial charge in [0.1, 0.15) is 5.75 Å². The zero-order valence-corrected chi connectivity index (χ0v) is 24.6. The minimum atomic E-state index is -0.440. The zero-order valence-electron chi connectivity index (χ0n) is 24.6. The number of hydrogen-bond donors (Lipinski definition) is 2. The number of nitrogens with zero attached hydrogens (tertiary/aromatic N) is 1. The second kappa shape index (κ2) is 14.3. The quantitative estimate of drug-likeness (QED) is 0.281. The van der Waals surface area contributed by atoms with E-state index in [4.69, 9.17) is 9.47 Å². The fourth-order valence-corrected chi connectivity index (χ4v) is 5.97. The number of aliphatic hydroxyl groups is 1. The molecule has 5 rings (SSSR count). The maximum atomic E-state index is 13.4. The summed E-state index contributed by atoms with van der Waals surface area (Å²) in [6, 6.07) is 24.5. The van der Waals surface area contributed by atoms with Gasteiger partial charge in [-0.15, -0.1) is 0 Å². The molecule has 0 aliphatic heterocycles. The Bertz CT molecular complexity index is 1390. The first-order valence-electron chi connectivity index (χ1n) is 15.1. The lowest BCUT2D eigenvalue weighted by atomic mass is 9.74. The van der Waals surface area contributed by atoms with Gasteiger partial charge in [0.05, 0.1) is 26.2 Å². The zero-order chi connectivity index (χ0) is 30.2. The monoisotopic (exact) mass is 584 g/mol. The maximum Gasteiger partial charge on any atom is 0.415 e. The van der Waals surface area contributed by atoms with Crippen LogP contribution in [0.1, 0.15) is 72.7 Å². The van der Waals surface area contributed by atoms with Crippen molar-refractivity contribution in [3.63, 3.8) is 0 Å². The molecule has 226 valence electrons. The van der Waals surface area contributed by atoms with Crippen LogP contribution < -0.4 is 10.1 Å². The van der Waals surface area contributed by atoms with E-state index in [0.717, 1.165) is 55.2 Å². The molecule has 3 atom stereocenters. The van der Waals surface area contributed by atoms with E-state index in [1.807, 2.05) is 42.5 Å². The van der Waals surface area contributed by atoms with Gasteiger partial charge in [0.15, 0.2) is 0 Å². The lowest BCUT2D eigenvalue weighted by Crippen LogP contribution is -2.39. The summed E-state index contributed by atoms with van der Waals surface area (Å²) in [5.74, 6) is -0.137. The summed E-state index contributed by atoms with van der Waals surface area (Å²) in [5, 5.41) is 13.1. The van der Waals surface area contributed by atoms with Gasteiger partial charge in [-0.1, -0.05) is 85.6 Å². The normalized spacial score (nSPS) is 18.7. The number of methoxy groups -OCH3 is 1. The van der Waals surface area contributed by atoms with Crippen LogP contribution in [0, 0.1) is 5.92 Å². The van der Waals surface area contributed by atoms with Crippen LogP contribution >= 0.6 is 0 Å². The maximum absolute atomic E-state index is 13.4. The number of para-hydroxylation sites is 1. The minimum absolute atomic E-state index is 0.0215. The van der Waals surface area contributed by atoms with E-state index < -0.39 is 18.1 Å². The molecule has 8 heteroatoms. The van der Waals surface area contributed by atoms with Gasteiger partial charge in [-0.2, -0.15) is 0 Å². The SMILES string of the molecule is COC(=O)Cc1ccccc1OC(=O)N(Cc1ccc([C@H]2CCCC[C@@H]2C(=O)N[C@@H](CO)c2ccccc2)cc1)C1CC1. The third-order valence-corrected chi connectivity index (χ3v) is 8.52. The molecule has 2 aliphatic carbocycles. The molecular weight excluding hydrogens is 544 g/mol. The van der Waals surface area contributed by atoms with Crippen LogP contribution in [0.3, 0.4) is 0 Å². The Morgan fingerprint density at radius 3 is 2.30 bits per heavy atom. The molecule has 2 saturated carbocycles. The fraction of sp³-hybridized carbons (Fsp3) is 0.400. The van der Waals surface area contributed by atoms with Gasteiger partial charge in [-0.3, -0.25) is 9.59 Å². The molecular formula is C35H40N2O6. The molecule has 0 saturated heterocycles. The number of carbonyl (C=O) groups is 3. The molecule has 2 aliphatic rings. The molecule has 0 bridgehead atoms. The van der Waals surface area contributed by atoms with Crippen LogP contribution in [0.5, 0.6) is 5.75 Å². The van der Waals surface area contributed by atoms with Gasteiger partial charge in [-0.25, -0.2) is 4.79 Å². The Kier molecular flexibility index (Phi) is 10.1. The summed E-state index contributed by atoms with van der Waals surface area (Å²) in [6.07, 6.45) is 5.24. The molecule has 3 aromatic carbocycles. The predicted octanol–water partition coefficient (Wildman–Crippen LogP) is 5.69. The first kappa shape index (κ1) is 30.3. The number of benzene rings is 3. The third kappa shape index (κ3) is 7.82. The smallest absolute Gasteiger partial charge is 0.415 e. The van der Waals surface area contributed by atoms with Crippen molar-refractivity contribution >= 4 is 18.0 Å². The van der Waals surface area contributed by atoms with Crippen molar-refractivity contribution in [2.24, 2.45) is 5.92 Å². The Morgan fingerprint density at radius 1 is 0.907 bits per heavy atom. The summed E-state index contributed by atoms with van der Waals surface area (Å²) in [6.45, 7) is 0.255. The van der Waals surface area contributed by atoms with E-state index >= 15 is 0 Å². The molecule has 0 unspecified atom stereocenters. The van der Waals surface area contributed by atoms with Crippen molar-refractivity contribution in [2.75, 3.05) is 13.7 Å². The Balaban J connectivity index is 1.25. The molecule has 8 nitrogen and oxygen atoms in total. The lowest BCUT2D eigenvalue weighted by molar-refractivity contribution is -0.139. The van der Waals surface area contributed by atoms with E-state index in [1.54, 1.807) is 29.2 Å².